The predicted molar refractivity (Wildman–Crippen MR) is 45.1 cm³/mol. The van der Waals surface area contributed by atoms with E-state index in [1.165, 1.54) is 0 Å². The highest BCUT2D eigenvalue weighted by Crippen LogP contribution is 2.44. The third-order valence-electron chi connectivity index (χ3n) is 2.52. The van der Waals surface area contributed by atoms with E-state index >= 15 is 0 Å². The van der Waals surface area contributed by atoms with Crippen molar-refractivity contribution in [2.24, 2.45) is 5.73 Å². The Morgan fingerprint density at radius 3 is 2.83 bits per heavy atom. The van der Waals surface area contributed by atoms with E-state index in [-0.39, 0.29) is 11.4 Å². The van der Waals surface area contributed by atoms with E-state index in [1.807, 2.05) is 6.07 Å². The highest BCUT2D eigenvalue weighted by atomic mass is 19.1. The van der Waals surface area contributed by atoms with Crippen LogP contribution in [0.4, 0.5) is 4.39 Å². The van der Waals surface area contributed by atoms with Crippen molar-refractivity contribution in [3.8, 4) is 0 Å². The summed E-state index contributed by atoms with van der Waals surface area (Å²) in [5.41, 5.74) is 7.31. The molecule has 0 aromatic heterocycles. The number of hydrogen-bond acceptors (Lipinski definition) is 1. The quantitative estimate of drug-likeness (QED) is 0.673. The lowest BCUT2D eigenvalue weighted by molar-refractivity contribution is 0.604. The van der Waals surface area contributed by atoms with Gasteiger partial charge in [-0.3, -0.25) is 0 Å². The highest BCUT2D eigenvalue weighted by molar-refractivity contribution is 5.36. The SMILES string of the molecule is Cc1c(F)[c]ccc1C1(N)CC1. The van der Waals surface area contributed by atoms with E-state index in [2.05, 4.69) is 6.07 Å². The summed E-state index contributed by atoms with van der Waals surface area (Å²) in [7, 11) is 0. The Morgan fingerprint density at radius 2 is 2.25 bits per heavy atom. The Balaban J connectivity index is 2.51. The number of rotatable bonds is 1. The van der Waals surface area contributed by atoms with Gasteiger partial charge in [0, 0.05) is 11.6 Å². The molecule has 1 aromatic carbocycles. The summed E-state index contributed by atoms with van der Waals surface area (Å²) in [4.78, 5) is 0. The first-order valence-corrected chi connectivity index (χ1v) is 4.10. The van der Waals surface area contributed by atoms with Gasteiger partial charge < -0.3 is 5.73 Å². The average molecular weight is 164 g/mol. The summed E-state index contributed by atoms with van der Waals surface area (Å²) in [6.07, 6.45) is 1.94. The number of hydrogen-bond donors (Lipinski definition) is 1. The molecule has 1 fully saturated rings. The topological polar surface area (TPSA) is 26.0 Å². The van der Waals surface area contributed by atoms with Crippen molar-refractivity contribution >= 4 is 0 Å². The Labute approximate surface area is 71.4 Å². The molecular weight excluding hydrogens is 153 g/mol. The number of nitrogens with two attached hydrogens (primary N) is 1. The standard InChI is InChI=1S/C10H11FN/c1-7-8(10(12)5-6-10)3-2-4-9(7)11/h2-3H,5-6,12H2,1H3. The molecule has 2 heteroatoms. The number of benzene rings is 1. The van der Waals surface area contributed by atoms with Crippen molar-refractivity contribution in [3.05, 3.63) is 35.1 Å². The zero-order valence-corrected chi connectivity index (χ0v) is 7.02. The predicted octanol–water partition coefficient (Wildman–Crippen LogP) is 1.88. The van der Waals surface area contributed by atoms with Gasteiger partial charge in [-0.05, 0) is 30.9 Å². The van der Waals surface area contributed by atoms with E-state index in [1.54, 1.807) is 13.0 Å². The lowest BCUT2D eigenvalue weighted by Crippen LogP contribution is -2.20. The molecule has 63 valence electrons. The smallest absolute Gasteiger partial charge is 0.134 e. The second-order valence-corrected chi connectivity index (χ2v) is 3.49. The second kappa shape index (κ2) is 2.30. The van der Waals surface area contributed by atoms with Gasteiger partial charge >= 0.3 is 0 Å². The maximum absolute atomic E-state index is 13.0. The highest BCUT2D eigenvalue weighted by Gasteiger charge is 2.41. The van der Waals surface area contributed by atoms with Crippen LogP contribution >= 0.6 is 0 Å². The van der Waals surface area contributed by atoms with Crippen LogP contribution in [0.3, 0.4) is 0 Å². The minimum atomic E-state index is -0.274. The van der Waals surface area contributed by atoms with E-state index in [0.717, 1.165) is 18.4 Å². The van der Waals surface area contributed by atoms with Crippen LogP contribution in [0.15, 0.2) is 12.1 Å². The van der Waals surface area contributed by atoms with Crippen LogP contribution in [0, 0.1) is 18.8 Å². The second-order valence-electron chi connectivity index (χ2n) is 3.49. The van der Waals surface area contributed by atoms with Gasteiger partial charge in [0.1, 0.15) is 5.82 Å². The normalized spacial score (nSPS) is 19.2. The molecule has 0 bridgehead atoms. The molecule has 0 unspecified atom stereocenters. The molecule has 0 heterocycles. The van der Waals surface area contributed by atoms with Gasteiger partial charge in [0.15, 0.2) is 0 Å². The number of halogens is 1. The van der Waals surface area contributed by atoms with E-state index in [0.29, 0.717) is 5.56 Å². The van der Waals surface area contributed by atoms with Gasteiger partial charge in [0.05, 0.1) is 0 Å². The summed E-state index contributed by atoms with van der Waals surface area (Å²) in [6, 6.07) is 5.99. The molecule has 0 aliphatic heterocycles. The molecule has 0 atom stereocenters. The molecule has 1 aliphatic rings. The Bertz CT molecular complexity index is 316. The molecule has 1 radical (unpaired) electrons. The molecule has 0 amide bonds. The Hall–Kier alpha value is -0.890. The maximum atomic E-state index is 13.0. The molecule has 2 N–H and O–H groups in total. The summed E-state index contributed by atoms with van der Waals surface area (Å²) < 4.78 is 13.0. The summed E-state index contributed by atoms with van der Waals surface area (Å²) in [6.45, 7) is 1.76. The molecule has 12 heavy (non-hydrogen) atoms. The van der Waals surface area contributed by atoms with Gasteiger partial charge in [-0.1, -0.05) is 12.1 Å². The van der Waals surface area contributed by atoms with Crippen LogP contribution in [0.25, 0.3) is 0 Å². The van der Waals surface area contributed by atoms with Crippen LogP contribution < -0.4 is 5.73 Å². The molecule has 0 spiro atoms. The molecule has 1 nitrogen and oxygen atoms in total. The van der Waals surface area contributed by atoms with Gasteiger partial charge in [-0.2, -0.15) is 0 Å². The first kappa shape index (κ1) is 7.74. The molecule has 0 saturated heterocycles. The summed E-state index contributed by atoms with van der Waals surface area (Å²) in [5.74, 6) is -0.274. The van der Waals surface area contributed by atoms with Crippen molar-refractivity contribution < 1.29 is 4.39 Å². The largest absolute Gasteiger partial charge is 0.321 e. The van der Waals surface area contributed by atoms with E-state index < -0.39 is 0 Å². The lowest BCUT2D eigenvalue weighted by atomic mass is 10.00. The van der Waals surface area contributed by atoms with Crippen LogP contribution in [0.1, 0.15) is 24.0 Å². The van der Waals surface area contributed by atoms with Gasteiger partial charge in [0.2, 0.25) is 0 Å². The Kier molecular flexibility index (Phi) is 1.48. The maximum Gasteiger partial charge on any atom is 0.134 e. The monoisotopic (exact) mass is 164 g/mol. The molecular formula is C10H11FN. The fraction of sp³-hybridized carbons (Fsp3) is 0.400. The van der Waals surface area contributed by atoms with Crippen molar-refractivity contribution in [3.63, 3.8) is 0 Å². The molecule has 2 rings (SSSR count). The van der Waals surface area contributed by atoms with Crippen LogP contribution in [-0.4, -0.2) is 0 Å². The summed E-state index contributed by atoms with van der Waals surface area (Å²) >= 11 is 0. The van der Waals surface area contributed by atoms with Gasteiger partial charge in [-0.25, -0.2) is 4.39 Å². The zero-order chi connectivity index (χ0) is 8.77. The van der Waals surface area contributed by atoms with Crippen LogP contribution in [0.5, 0.6) is 0 Å². The fourth-order valence-electron chi connectivity index (χ4n) is 1.49. The third kappa shape index (κ3) is 1.03. The van der Waals surface area contributed by atoms with Gasteiger partial charge in [0.25, 0.3) is 0 Å². The van der Waals surface area contributed by atoms with Crippen LogP contribution in [-0.2, 0) is 5.54 Å². The van der Waals surface area contributed by atoms with Crippen molar-refractivity contribution in [1.82, 2.24) is 0 Å². The average Bonchev–Trinajstić information content (AvgIpc) is 2.75. The Morgan fingerprint density at radius 1 is 1.58 bits per heavy atom. The lowest BCUT2D eigenvalue weighted by Gasteiger charge is -2.12. The van der Waals surface area contributed by atoms with Gasteiger partial charge in [-0.15, -0.1) is 0 Å². The van der Waals surface area contributed by atoms with E-state index in [4.69, 9.17) is 5.73 Å². The van der Waals surface area contributed by atoms with Crippen molar-refractivity contribution in [2.75, 3.05) is 0 Å². The first-order valence-electron chi connectivity index (χ1n) is 4.10. The van der Waals surface area contributed by atoms with Crippen LogP contribution in [0.2, 0.25) is 0 Å². The molecule has 1 aliphatic carbocycles. The minimum absolute atomic E-state index is 0.236. The van der Waals surface area contributed by atoms with E-state index in [9.17, 15) is 4.39 Å². The third-order valence-corrected chi connectivity index (χ3v) is 2.52. The molecule has 1 aromatic rings. The van der Waals surface area contributed by atoms with Crippen molar-refractivity contribution in [2.45, 2.75) is 25.3 Å². The zero-order valence-electron chi connectivity index (χ0n) is 7.02. The summed E-state index contributed by atoms with van der Waals surface area (Å²) in [5, 5.41) is 0. The first-order chi connectivity index (χ1) is 5.63. The molecule has 1 saturated carbocycles. The van der Waals surface area contributed by atoms with Crippen molar-refractivity contribution in [1.29, 1.82) is 0 Å². The minimum Gasteiger partial charge on any atom is -0.321 e. The fourth-order valence-corrected chi connectivity index (χ4v) is 1.49.